The lowest BCUT2D eigenvalue weighted by molar-refractivity contribution is -0.125. The zero-order chi connectivity index (χ0) is 29.9. The van der Waals surface area contributed by atoms with Gasteiger partial charge in [0, 0.05) is 34.8 Å². The third kappa shape index (κ3) is 5.32. The SMILES string of the molecule is O=C(COCc1ccccc1)NC1=C(c2ccc3ncccc3c2)C(=O)n2nc(-c3ccccc3)c(-c3ccccc3)c2C1. The third-order valence-electron chi connectivity index (χ3n) is 7.67. The van der Waals surface area contributed by atoms with Gasteiger partial charge in [-0.2, -0.15) is 9.78 Å². The van der Waals surface area contributed by atoms with E-state index in [2.05, 4.69) is 10.3 Å². The molecule has 0 unspecified atom stereocenters. The summed E-state index contributed by atoms with van der Waals surface area (Å²) in [6.07, 6.45) is 2.03. The summed E-state index contributed by atoms with van der Waals surface area (Å²) in [5, 5.41) is 8.83. The van der Waals surface area contributed by atoms with Crippen molar-refractivity contribution in [2.75, 3.05) is 6.61 Å². The fourth-order valence-corrected chi connectivity index (χ4v) is 5.66. The highest BCUT2D eigenvalue weighted by Gasteiger charge is 2.33. The molecule has 7 nitrogen and oxygen atoms in total. The van der Waals surface area contributed by atoms with Gasteiger partial charge in [0.1, 0.15) is 12.3 Å². The van der Waals surface area contributed by atoms with Crippen LogP contribution in [0.15, 0.2) is 133 Å². The third-order valence-corrected chi connectivity index (χ3v) is 7.67. The van der Waals surface area contributed by atoms with Crippen molar-refractivity contribution < 1.29 is 14.3 Å². The van der Waals surface area contributed by atoms with Crippen LogP contribution < -0.4 is 5.32 Å². The molecule has 1 amide bonds. The molecule has 0 radical (unpaired) electrons. The molecular formula is C37H28N4O3. The topological polar surface area (TPSA) is 86.1 Å². The van der Waals surface area contributed by atoms with Gasteiger partial charge in [0.15, 0.2) is 0 Å². The number of nitrogens with zero attached hydrogens (tertiary/aromatic N) is 3. The van der Waals surface area contributed by atoms with Crippen LogP contribution in [-0.2, 0) is 22.6 Å². The largest absolute Gasteiger partial charge is 0.367 e. The Hall–Kier alpha value is -5.66. The molecule has 7 rings (SSSR count). The highest BCUT2D eigenvalue weighted by molar-refractivity contribution is 6.23. The van der Waals surface area contributed by atoms with Crippen molar-refractivity contribution in [1.82, 2.24) is 20.1 Å². The number of aromatic nitrogens is 3. The molecule has 1 aliphatic heterocycles. The van der Waals surface area contributed by atoms with Crippen molar-refractivity contribution in [2.24, 2.45) is 0 Å². The first-order valence-corrected chi connectivity index (χ1v) is 14.4. The van der Waals surface area contributed by atoms with E-state index < -0.39 is 0 Å². The average Bonchev–Trinajstić information content (AvgIpc) is 3.46. The summed E-state index contributed by atoms with van der Waals surface area (Å²) >= 11 is 0. The fraction of sp³-hybridized carbons (Fsp3) is 0.0811. The number of hydrogen-bond donors (Lipinski definition) is 1. The fourth-order valence-electron chi connectivity index (χ4n) is 5.66. The van der Waals surface area contributed by atoms with Crippen LogP contribution in [0.25, 0.3) is 38.9 Å². The molecule has 1 N–H and O–H groups in total. The van der Waals surface area contributed by atoms with Gasteiger partial charge in [-0.1, -0.05) is 103 Å². The van der Waals surface area contributed by atoms with Gasteiger partial charge in [-0.25, -0.2) is 0 Å². The first-order chi connectivity index (χ1) is 21.7. The molecule has 4 aromatic carbocycles. The summed E-state index contributed by atoms with van der Waals surface area (Å²) in [5.74, 6) is -0.643. The average molecular weight is 577 g/mol. The molecule has 7 heteroatoms. The molecule has 2 aromatic heterocycles. The first kappa shape index (κ1) is 27.2. The molecule has 0 saturated heterocycles. The monoisotopic (exact) mass is 576 g/mol. The number of ether oxygens (including phenoxy) is 1. The number of fused-ring (bicyclic) bond motifs is 2. The van der Waals surface area contributed by atoms with E-state index in [-0.39, 0.29) is 18.4 Å². The number of carbonyl (C=O) groups is 2. The summed E-state index contributed by atoms with van der Waals surface area (Å²) in [4.78, 5) is 32.1. The van der Waals surface area contributed by atoms with Gasteiger partial charge < -0.3 is 10.1 Å². The standard InChI is InChI=1S/C37H28N4O3/c42-33(24-44-23-25-11-4-1-5-12-25)39-31-22-32-35(26-13-6-2-7-14-26)36(27-15-8-3-9-16-27)40-41(32)37(43)34(31)29-18-19-30-28(21-29)17-10-20-38-30/h1-21H,22-24H2,(H,39,42). The lowest BCUT2D eigenvalue weighted by Crippen LogP contribution is -2.34. The summed E-state index contributed by atoms with van der Waals surface area (Å²) < 4.78 is 7.22. The number of carbonyl (C=O) groups excluding carboxylic acids is 2. The van der Waals surface area contributed by atoms with E-state index in [1.54, 1.807) is 6.20 Å². The van der Waals surface area contributed by atoms with Gasteiger partial charge in [-0.15, -0.1) is 0 Å². The molecule has 6 aromatic rings. The predicted molar refractivity (Wildman–Crippen MR) is 170 cm³/mol. The maximum Gasteiger partial charge on any atom is 0.280 e. The molecular weight excluding hydrogens is 548 g/mol. The Morgan fingerprint density at radius 3 is 2.25 bits per heavy atom. The zero-order valence-corrected chi connectivity index (χ0v) is 23.8. The molecule has 3 heterocycles. The van der Waals surface area contributed by atoms with Crippen molar-refractivity contribution in [3.05, 3.63) is 150 Å². The highest BCUT2D eigenvalue weighted by Crippen LogP contribution is 2.39. The summed E-state index contributed by atoms with van der Waals surface area (Å²) in [6.45, 7) is 0.156. The summed E-state index contributed by atoms with van der Waals surface area (Å²) in [7, 11) is 0. The van der Waals surface area contributed by atoms with Crippen LogP contribution in [0.2, 0.25) is 0 Å². The maximum atomic E-state index is 14.4. The Labute approximate surface area is 254 Å². The summed E-state index contributed by atoms with van der Waals surface area (Å²) in [6, 6.07) is 39.0. The van der Waals surface area contributed by atoms with E-state index in [9.17, 15) is 9.59 Å². The molecule has 0 aliphatic carbocycles. The number of allylic oxidation sites excluding steroid dienone is 2. The molecule has 0 saturated carbocycles. The van der Waals surface area contributed by atoms with Crippen LogP contribution in [0.1, 0.15) is 21.6 Å². The first-order valence-electron chi connectivity index (χ1n) is 14.4. The van der Waals surface area contributed by atoms with Gasteiger partial charge >= 0.3 is 0 Å². The van der Waals surface area contributed by atoms with E-state index in [1.807, 2.05) is 121 Å². The van der Waals surface area contributed by atoms with Gasteiger partial charge in [-0.3, -0.25) is 14.6 Å². The second-order valence-electron chi connectivity index (χ2n) is 10.6. The Balaban J connectivity index is 1.31. The molecule has 0 fully saturated rings. The molecule has 0 atom stereocenters. The maximum absolute atomic E-state index is 14.4. The molecule has 1 aliphatic rings. The molecule has 0 bridgehead atoms. The lowest BCUT2D eigenvalue weighted by Gasteiger charge is -2.23. The lowest BCUT2D eigenvalue weighted by atomic mass is 9.92. The minimum atomic E-state index is -0.332. The second-order valence-corrected chi connectivity index (χ2v) is 10.6. The summed E-state index contributed by atoms with van der Waals surface area (Å²) in [5.41, 5.74) is 7.50. The van der Waals surface area contributed by atoms with Crippen LogP contribution in [0.3, 0.4) is 0 Å². The van der Waals surface area contributed by atoms with Crippen molar-refractivity contribution in [1.29, 1.82) is 0 Å². The van der Waals surface area contributed by atoms with Gasteiger partial charge in [0.05, 0.1) is 23.4 Å². The van der Waals surface area contributed by atoms with E-state index in [0.717, 1.165) is 33.2 Å². The van der Waals surface area contributed by atoms with Gasteiger partial charge in [-0.05, 0) is 34.9 Å². The van der Waals surface area contributed by atoms with Crippen molar-refractivity contribution in [2.45, 2.75) is 13.0 Å². The number of amides is 1. The van der Waals surface area contributed by atoms with Gasteiger partial charge in [0.2, 0.25) is 5.91 Å². The van der Waals surface area contributed by atoms with Gasteiger partial charge in [0.25, 0.3) is 5.91 Å². The van der Waals surface area contributed by atoms with Crippen molar-refractivity contribution in [3.8, 4) is 22.4 Å². The highest BCUT2D eigenvalue weighted by atomic mass is 16.5. The Morgan fingerprint density at radius 1 is 0.795 bits per heavy atom. The second kappa shape index (κ2) is 11.9. The van der Waals surface area contributed by atoms with Crippen LogP contribution in [0.5, 0.6) is 0 Å². The number of hydrogen-bond acceptors (Lipinski definition) is 5. The smallest absolute Gasteiger partial charge is 0.280 e. The van der Waals surface area contributed by atoms with Crippen molar-refractivity contribution >= 4 is 28.3 Å². The molecule has 0 spiro atoms. The quantitative estimate of drug-likeness (QED) is 0.218. The number of rotatable bonds is 8. The van der Waals surface area contributed by atoms with Crippen LogP contribution in [0.4, 0.5) is 0 Å². The predicted octanol–water partition coefficient (Wildman–Crippen LogP) is 6.71. The Bertz CT molecular complexity index is 2020. The minimum absolute atomic E-state index is 0.151. The number of nitrogens with one attached hydrogen (secondary N) is 1. The molecule has 214 valence electrons. The van der Waals surface area contributed by atoms with Crippen LogP contribution in [0, 0.1) is 0 Å². The van der Waals surface area contributed by atoms with E-state index in [1.165, 1.54) is 4.68 Å². The Morgan fingerprint density at radius 2 is 1.50 bits per heavy atom. The Kier molecular flexibility index (Phi) is 7.36. The number of benzene rings is 4. The molecule has 44 heavy (non-hydrogen) atoms. The zero-order valence-electron chi connectivity index (χ0n) is 23.8. The number of pyridine rings is 1. The van der Waals surface area contributed by atoms with E-state index in [0.29, 0.717) is 41.2 Å². The normalized spacial score (nSPS) is 12.8. The van der Waals surface area contributed by atoms with Crippen molar-refractivity contribution in [3.63, 3.8) is 0 Å². The minimum Gasteiger partial charge on any atom is -0.367 e. The van der Waals surface area contributed by atoms with Crippen LogP contribution >= 0.6 is 0 Å². The van der Waals surface area contributed by atoms with E-state index in [4.69, 9.17) is 9.84 Å². The van der Waals surface area contributed by atoms with Crippen LogP contribution in [-0.4, -0.2) is 33.2 Å². The van der Waals surface area contributed by atoms with E-state index >= 15 is 0 Å².